The van der Waals surface area contributed by atoms with Gasteiger partial charge in [-0.15, -0.1) is 0 Å². The topological polar surface area (TPSA) is 38.1 Å². The van der Waals surface area contributed by atoms with Crippen LogP contribution in [0.3, 0.4) is 0 Å². The second-order valence-electron chi connectivity index (χ2n) is 5.92. The second-order valence-corrected chi connectivity index (χ2v) is 6.86. The van der Waals surface area contributed by atoms with Crippen LogP contribution in [0.5, 0.6) is 0 Å². The first-order valence-electron chi connectivity index (χ1n) is 8.09. The molecule has 0 radical (unpaired) electrons. The summed E-state index contributed by atoms with van der Waals surface area (Å²) in [6.45, 7) is 4.24. The smallest absolute Gasteiger partial charge is 0.169 e. The summed E-state index contributed by atoms with van der Waals surface area (Å²) in [5, 5.41) is 10.6. The lowest BCUT2D eigenvalue weighted by atomic mass is 10.1. The van der Waals surface area contributed by atoms with Gasteiger partial charge in [-0.25, -0.2) is 4.98 Å². The average molecular weight is 338 g/mol. The van der Waals surface area contributed by atoms with E-state index in [0.29, 0.717) is 0 Å². The highest BCUT2D eigenvalue weighted by Gasteiger charge is 2.17. The van der Waals surface area contributed by atoms with Crippen LogP contribution >= 0.6 is 11.8 Å². The van der Waals surface area contributed by atoms with E-state index in [1.807, 2.05) is 18.2 Å². The zero-order valence-electron chi connectivity index (χ0n) is 14.0. The Bertz CT molecular complexity index is 781. The van der Waals surface area contributed by atoms with Crippen molar-refractivity contribution in [3.8, 4) is 0 Å². The van der Waals surface area contributed by atoms with Gasteiger partial charge >= 0.3 is 0 Å². The van der Waals surface area contributed by atoms with Crippen molar-refractivity contribution in [2.24, 2.45) is 0 Å². The average Bonchev–Trinajstić information content (AvgIpc) is 3.04. The zero-order valence-corrected chi connectivity index (χ0v) is 14.8. The van der Waals surface area contributed by atoms with E-state index < -0.39 is 0 Å². The van der Waals surface area contributed by atoms with Crippen LogP contribution in [0.4, 0.5) is 0 Å². The molecule has 0 saturated carbocycles. The van der Waals surface area contributed by atoms with Gasteiger partial charge in [0.05, 0.1) is 24.5 Å². The lowest BCUT2D eigenvalue weighted by Gasteiger charge is -2.19. The third-order valence-corrected chi connectivity index (χ3v) is 5.20. The number of aliphatic hydroxyl groups is 1. The second kappa shape index (κ2) is 7.69. The van der Waals surface area contributed by atoms with Crippen molar-refractivity contribution in [3.05, 3.63) is 83.2 Å². The number of benzene rings is 2. The third-order valence-electron chi connectivity index (χ3n) is 4.16. The number of hydrogen-bond donors (Lipinski definition) is 1. The number of aromatic nitrogens is 2. The Hall–Kier alpha value is -2.04. The Labute approximate surface area is 147 Å². The highest BCUT2D eigenvalue weighted by molar-refractivity contribution is 7.98. The van der Waals surface area contributed by atoms with Gasteiger partial charge < -0.3 is 9.67 Å². The maximum atomic E-state index is 9.67. The molecule has 0 fully saturated rings. The summed E-state index contributed by atoms with van der Waals surface area (Å²) in [6, 6.07) is 19.0. The van der Waals surface area contributed by atoms with Gasteiger partial charge in [-0.05, 0) is 25.0 Å². The Morgan fingerprint density at radius 3 is 2.46 bits per heavy atom. The molecule has 0 unspecified atom stereocenters. The van der Waals surface area contributed by atoms with Crippen LogP contribution in [0.2, 0.25) is 0 Å². The molecular formula is C20H22N2OS. The summed E-state index contributed by atoms with van der Waals surface area (Å²) < 4.78 is 2.13. The van der Waals surface area contributed by atoms with E-state index in [1.54, 1.807) is 18.0 Å². The Balaban J connectivity index is 1.83. The van der Waals surface area contributed by atoms with Crippen LogP contribution in [-0.4, -0.2) is 14.7 Å². The van der Waals surface area contributed by atoms with E-state index in [0.717, 1.165) is 16.6 Å². The molecule has 1 N–H and O–H groups in total. The molecule has 0 bridgehead atoms. The molecule has 2 aromatic carbocycles. The molecule has 0 aliphatic heterocycles. The van der Waals surface area contributed by atoms with E-state index in [4.69, 9.17) is 0 Å². The van der Waals surface area contributed by atoms with Gasteiger partial charge in [0.25, 0.3) is 0 Å². The van der Waals surface area contributed by atoms with Crippen LogP contribution in [0.1, 0.15) is 35.3 Å². The summed E-state index contributed by atoms with van der Waals surface area (Å²) in [5.74, 6) is 0.865. The van der Waals surface area contributed by atoms with Crippen molar-refractivity contribution in [2.45, 2.75) is 37.4 Å². The molecule has 24 heavy (non-hydrogen) atoms. The van der Waals surface area contributed by atoms with Gasteiger partial charge in [-0.1, -0.05) is 71.9 Å². The minimum absolute atomic E-state index is 0.00470. The summed E-state index contributed by atoms with van der Waals surface area (Å²) in [7, 11) is 0. The van der Waals surface area contributed by atoms with Crippen molar-refractivity contribution in [1.82, 2.24) is 9.55 Å². The number of rotatable bonds is 6. The van der Waals surface area contributed by atoms with Crippen LogP contribution in [0.25, 0.3) is 0 Å². The van der Waals surface area contributed by atoms with Crippen molar-refractivity contribution < 1.29 is 5.11 Å². The monoisotopic (exact) mass is 338 g/mol. The molecule has 1 atom stereocenters. The minimum atomic E-state index is -0.00470. The SMILES string of the molecule is Cc1ccc(CSc2ncc(CO)n2[C@H](C)c2ccccc2)cc1. The lowest BCUT2D eigenvalue weighted by molar-refractivity contribution is 0.267. The van der Waals surface area contributed by atoms with Crippen molar-refractivity contribution in [1.29, 1.82) is 0 Å². The fourth-order valence-electron chi connectivity index (χ4n) is 2.73. The molecule has 3 nitrogen and oxygen atoms in total. The molecule has 1 heterocycles. The largest absolute Gasteiger partial charge is 0.390 e. The van der Waals surface area contributed by atoms with E-state index in [-0.39, 0.29) is 12.6 Å². The van der Waals surface area contributed by atoms with Crippen LogP contribution in [0.15, 0.2) is 66.0 Å². The molecule has 0 aliphatic carbocycles. The molecule has 124 valence electrons. The minimum Gasteiger partial charge on any atom is -0.390 e. The van der Waals surface area contributed by atoms with Crippen LogP contribution in [0, 0.1) is 6.92 Å². The van der Waals surface area contributed by atoms with Gasteiger partial charge in [-0.2, -0.15) is 0 Å². The van der Waals surface area contributed by atoms with Gasteiger partial charge in [0.1, 0.15) is 0 Å². The summed E-state index contributed by atoms with van der Waals surface area (Å²) >= 11 is 1.71. The molecule has 0 aliphatic rings. The fourth-order valence-corrected chi connectivity index (χ4v) is 3.76. The number of aliphatic hydroxyl groups excluding tert-OH is 1. The first-order valence-corrected chi connectivity index (χ1v) is 9.08. The first-order chi connectivity index (χ1) is 11.7. The Kier molecular flexibility index (Phi) is 5.38. The first kappa shape index (κ1) is 16.8. The molecular weight excluding hydrogens is 316 g/mol. The van der Waals surface area contributed by atoms with Crippen molar-refractivity contribution >= 4 is 11.8 Å². The summed E-state index contributed by atoms with van der Waals surface area (Å²) in [4.78, 5) is 4.53. The molecule has 3 rings (SSSR count). The van der Waals surface area contributed by atoms with Crippen molar-refractivity contribution in [3.63, 3.8) is 0 Å². The van der Waals surface area contributed by atoms with E-state index in [1.165, 1.54) is 16.7 Å². The number of thioether (sulfide) groups is 1. The highest BCUT2D eigenvalue weighted by atomic mass is 32.2. The molecule has 0 saturated heterocycles. The molecule has 1 aromatic heterocycles. The highest BCUT2D eigenvalue weighted by Crippen LogP contribution is 2.29. The van der Waals surface area contributed by atoms with Gasteiger partial charge in [0.2, 0.25) is 0 Å². The zero-order chi connectivity index (χ0) is 16.9. The number of aryl methyl sites for hydroxylation is 1. The van der Waals surface area contributed by atoms with Crippen molar-refractivity contribution in [2.75, 3.05) is 0 Å². The molecule has 0 amide bonds. The standard InChI is InChI=1S/C20H22N2OS/c1-15-8-10-17(11-9-15)14-24-20-21-12-19(13-23)22(20)16(2)18-6-4-3-5-7-18/h3-12,16,23H,13-14H2,1-2H3/t16-/m1/s1. The molecule has 0 spiro atoms. The van der Waals surface area contributed by atoms with E-state index in [9.17, 15) is 5.11 Å². The quantitative estimate of drug-likeness (QED) is 0.668. The van der Waals surface area contributed by atoms with Gasteiger partial charge in [0.15, 0.2) is 5.16 Å². The summed E-state index contributed by atoms with van der Waals surface area (Å²) in [5.41, 5.74) is 4.60. The Morgan fingerprint density at radius 1 is 1.08 bits per heavy atom. The van der Waals surface area contributed by atoms with E-state index >= 15 is 0 Å². The van der Waals surface area contributed by atoms with Crippen LogP contribution < -0.4 is 0 Å². The van der Waals surface area contributed by atoms with Gasteiger partial charge in [0, 0.05) is 5.75 Å². The third kappa shape index (κ3) is 3.71. The molecule has 4 heteroatoms. The number of imidazole rings is 1. The predicted octanol–water partition coefficient (Wildman–Crippen LogP) is 4.59. The normalized spacial score (nSPS) is 12.3. The predicted molar refractivity (Wildman–Crippen MR) is 99.1 cm³/mol. The molecule has 3 aromatic rings. The van der Waals surface area contributed by atoms with E-state index in [2.05, 4.69) is 59.8 Å². The maximum absolute atomic E-state index is 9.67. The summed E-state index contributed by atoms with van der Waals surface area (Å²) in [6.07, 6.45) is 1.77. The maximum Gasteiger partial charge on any atom is 0.169 e. The van der Waals surface area contributed by atoms with Gasteiger partial charge in [-0.3, -0.25) is 0 Å². The Morgan fingerprint density at radius 2 is 1.79 bits per heavy atom. The van der Waals surface area contributed by atoms with Crippen LogP contribution in [-0.2, 0) is 12.4 Å². The fraction of sp³-hybridized carbons (Fsp3) is 0.250. The number of hydrogen-bond acceptors (Lipinski definition) is 3. The lowest BCUT2D eigenvalue weighted by Crippen LogP contribution is -2.11. The number of nitrogens with zero attached hydrogens (tertiary/aromatic N) is 2.